The van der Waals surface area contributed by atoms with Gasteiger partial charge in [0.1, 0.15) is 23.4 Å². The number of carbonyl (C=O) groups excluding carboxylic acids is 1. The third-order valence-electron chi connectivity index (χ3n) is 4.38. The summed E-state index contributed by atoms with van der Waals surface area (Å²) in [6, 6.07) is 7.59. The zero-order chi connectivity index (χ0) is 12.6. The maximum atomic E-state index is 11.9. The molecule has 0 heterocycles. The van der Waals surface area contributed by atoms with E-state index in [0.717, 1.165) is 37.2 Å². The third kappa shape index (κ3) is 1.69. The fourth-order valence-corrected chi connectivity index (χ4v) is 3.20. The molecule has 1 spiro atoms. The average molecular weight is 246 g/mol. The Morgan fingerprint density at radius 1 is 1.11 bits per heavy atom. The minimum absolute atomic E-state index is 0.0842. The van der Waals surface area contributed by atoms with E-state index in [1.165, 1.54) is 0 Å². The summed E-state index contributed by atoms with van der Waals surface area (Å²) < 4.78 is 11.1. The molecule has 1 atom stereocenters. The van der Waals surface area contributed by atoms with Gasteiger partial charge < -0.3 is 9.47 Å². The van der Waals surface area contributed by atoms with Gasteiger partial charge in [0, 0.05) is 6.42 Å². The highest BCUT2D eigenvalue weighted by atomic mass is 16.5. The van der Waals surface area contributed by atoms with Crippen molar-refractivity contribution in [3.05, 3.63) is 24.3 Å². The second-order valence-corrected chi connectivity index (χ2v) is 5.27. The van der Waals surface area contributed by atoms with Gasteiger partial charge in [0.25, 0.3) is 0 Å². The lowest BCUT2D eigenvalue weighted by Gasteiger charge is -2.44. The average Bonchev–Trinajstić information content (AvgIpc) is 2.92. The van der Waals surface area contributed by atoms with Crippen molar-refractivity contribution in [1.29, 1.82) is 0 Å². The van der Waals surface area contributed by atoms with Crippen LogP contribution in [0.4, 0.5) is 0 Å². The molecule has 2 saturated carbocycles. The number of hydrogen-bond donors (Lipinski definition) is 0. The molecule has 1 aromatic carbocycles. The molecule has 0 aliphatic heterocycles. The molecule has 0 N–H and O–H groups in total. The van der Waals surface area contributed by atoms with E-state index in [0.29, 0.717) is 12.2 Å². The third-order valence-corrected chi connectivity index (χ3v) is 4.38. The summed E-state index contributed by atoms with van der Waals surface area (Å²) in [6.45, 7) is 0. The summed E-state index contributed by atoms with van der Waals surface area (Å²) in [5, 5.41) is 0. The lowest BCUT2D eigenvalue weighted by molar-refractivity contribution is -0.151. The maximum absolute atomic E-state index is 11.9. The lowest BCUT2D eigenvalue weighted by Crippen LogP contribution is -2.55. The van der Waals surface area contributed by atoms with E-state index in [4.69, 9.17) is 9.47 Å². The van der Waals surface area contributed by atoms with E-state index >= 15 is 0 Å². The fourth-order valence-electron chi connectivity index (χ4n) is 3.20. The largest absolute Gasteiger partial charge is 0.497 e. The van der Waals surface area contributed by atoms with E-state index in [-0.39, 0.29) is 11.5 Å². The monoisotopic (exact) mass is 246 g/mol. The molecule has 2 fully saturated rings. The molecule has 96 valence electrons. The van der Waals surface area contributed by atoms with Crippen LogP contribution >= 0.6 is 0 Å². The minimum Gasteiger partial charge on any atom is -0.497 e. The molecule has 3 nitrogen and oxygen atoms in total. The molecule has 18 heavy (non-hydrogen) atoms. The molecular weight excluding hydrogens is 228 g/mol. The fraction of sp³-hybridized carbons (Fsp3) is 0.533. The van der Waals surface area contributed by atoms with Gasteiger partial charge in [-0.05, 0) is 37.1 Å². The second-order valence-electron chi connectivity index (χ2n) is 5.27. The Morgan fingerprint density at radius 2 is 1.72 bits per heavy atom. The number of hydrogen-bond acceptors (Lipinski definition) is 3. The van der Waals surface area contributed by atoms with E-state index in [1.807, 2.05) is 24.3 Å². The first kappa shape index (κ1) is 11.6. The molecule has 0 radical (unpaired) electrons. The van der Waals surface area contributed by atoms with Crippen molar-refractivity contribution in [3.8, 4) is 11.5 Å². The van der Waals surface area contributed by atoms with Crippen LogP contribution in [0.1, 0.15) is 32.1 Å². The first-order valence-electron chi connectivity index (χ1n) is 6.59. The van der Waals surface area contributed by atoms with Crippen LogP contribution in [0.15, 0.2) is 24.3 Å². The molecule has 0 bridgehead atoms. The highest BCUT2D eigenvalue weighted by molar-refractivity contribution is 5.92. The Hall–Kier alpha value is -1.51. The van der Waals surface area contributed by atoms with Crippen LogP contribution in [0.5, 0.6) is 11.5 Å². The van der Waals surface area contributed by atoms with E-state index in [1.54, 1.807) is 7.11 Å². The maximum Gasteiger partial charge on any atom is 0.146 e. The second kappa shape index (κ2) is 4.30. The van der Waals surface area contributed by atoms with Gasteiger partial charge in [0.05, 0.1) is 12.5 Å². The first-order valence-corrected chi connectivity index (χ1v) is 6.59. The lowest BCUT2D eigenvalue weighted by atomic mass is 9.63. The van der Waals surface area contributed by atoms with Crippen molar-refractivity contribution in [2.45, 2.75) is 38.2 Å². The van der Waals surface area contributed by atoms with Crippen molar-refractivity contribution >= 4 is 5.78 Å². The Balaban J connectivity index is 1.71. The number of methoxy groups -OCH3 is 1. The van der Waals surface area contributed by atoms with Gasteiger partial charge in [-0.2, -0.15) is 0 Å². The summed E-state index contributed by atoms with van der Waals surface area (Å²) in [6.07, 6.45) is 4.99. The molecule has 3 heteroatoms. The van der Waals surface area contributed by atoms with Crippen LogP contribution in [-0.2, 0) is 4.79 Å². The van der Waals surface area contributed by atoms with Gasteiger partial charge in [-0.25, -0.2) is 0 Å². The van der Waals surface area contributed by atoms with Gasteiger partial charge in [-0.1, -0.05) is 12.8 Å². The molecule has 1 aromatic rings. The predicted molar refractivity (Wildman–Crippen MR) is 67.9 cm³/mol. The van der Waals surface area contributed by atoms with Gasteiger partial charge in [0.15, 0.2) is 0 Å². The van der Waals surface area contributed by atoms with Crippen LogP contribution in [-0.4, -0.2) is 19.0 Å². The van der Waals surface area contributed by atoms with E-state index in [2.05, 4.69) is 0 Å². The smallest absolute Gasteiger partial charge is 0.146 e. The summed E-state index contributed by atoms with van der Waals surface area (Å²) in [5.41, 5.74) is -0.153. The number of benzene rings is 1. The van der Waals surface area contributed by atoms with E-state index < -0.39 is 0 Å². The van der Waals surface area contributed by atoms with Crippen LogP contribution in [0.3, 0.4) is 0 Å². The predicted octanol–water partition coefficient (Wildman–Crippen LogP) is 2.98. The standard InChI is InChI=1S/C15H18O3/c1-17-11-4-6-12(7-5-11)18-14-10-13(16)15(14)8-2-3-9-15/h4-7,14H,2-3,8-10H2,1H3. The van der Waals surface area contributed by atoms with Crippen molar-refractivity contribution in [1.82, 2.24) is 0 Å². The number of ether oxygens (including phenoxy) is 2. The number of carbonyl (C=O) groups is 1. The Bertz CT molecular complexity index is 443. The van der Waals surface area contributed by atoms with Crippen molar-refractivity contribution in [2.75, 3.05) is 7.11 Å². The Labute approximate surface area is 107 Å². The summed E-state index contributed by atoms with van der Waals surface area (Å²) in [4.78, 5) is 11.9. The molecular formula is C15H18O3. The van der Waals surface area contributed by atoms with Crippen LogP contribution in [0.25, 0.3) is 0 Å². The van der Waals surface area contributed by atoms with Crippen LogP contribution in [0.2, 0.25) is 0 Å². The molecule has 0 saturated heterocycles. The number of ketones is 1. The van der Waals surface area contributed by atoms with Crippen molar-refractivity contribution in [3.63, 3.8) is 0 Å². The van der Waals surface area contributed by atoms with Gasteiger partial charge >= 0.3 is 0 Å². The molecule has 2 aliphatic carbocycles. The van der Waals surface area contributed by atoms with Crippen LogP contribution < -0.4 is 9.47 Å². The van der Waals surface area contributed by atoms with Gasteiger partial charge in [0.2, 0.25) is 0 Å². The number of Topliss-reactive ketones (excluding diaryl/α,β-unsaturated/α-hetero) is 1. The molecule has 1 unspecified atom stereocenters. The molecule has 3 rings (SSSR count). The minimum atomic E-state index is -0.153. The molecule has 0 amide bonds. The molecule has 2 aliphatic rings. The normalized spacial score (nSPS) is 24.9. The number of rotatable bonds is 3. The van der Waals surface area contributed by atoms with Crippen LogP contribution in [0, 0.1) is 5.41 Å². The topological polar surface area (TPSA) is 35.5 Å². The zero-order valence-electron chi connectivity index (χ0n) is 10.6. The quantitative estimate of drug-likeness (QED) is 0.822. The Morgan fingerprint density at radius 3 is 2.28 bits per heavy atom. The summed E-state index contributed by atoms with van der Waals surface area (Å²) in [5.74, 6) is 2.06. The van der Waals surface area contributed by atoms with E-state index in [9.17, 15) is 4.79 Å². The summed E-state index contributed by atoms with van der Waals surface area (Å²) in [7, 11) is 1.65. The van der Waals surface area contributed by atoms with Gasteiger partial charge in [-0.15, -0.1) is 0 Å². The highest BCUT2D eigenvalue weighted by Crippen LogP contribution is 2.51. The summed E-state index contributed by atoms with van der Waals surface area (Å²) >= 11 is 0. The van der Waals surface area contributed by atoms with Crippen molar-refractivity contribution < 1.29 is 14.3 Å². The highest BCUT2D eigenvalue weighted by Gasteiger charge is 2.57. The first-order chi connectivity index (χ1) is 8.74. The zero-order valence-corrected chi connectivity index (χ0v) is 10.6. The molecule has 0 aromatic heterocycles. The van der Waals surface area contributed by atoms with Gasteiger partial charge in [-0.3, -0.25) is 4.79 Å². The SMILES string of the molecule is COc1ccc(OC2CC(=O)C23CCCC3)cc1. The van der Waals surface area contributed by atoms with Crippen molar-refractivity contribution in [2.24, 2.45) is 5.41 Å². The Kier molecular flexibility index (Phi) is 2.77.